The first kappa shape index (κ1) is 20.9. The SMILES string of the molecule is O=CCCOCCOCCOCCOCCOCCC(=O)O. The lowest BCUT2D eigenvalue weighted by Crippen LogP contribution is -2.13. The molecule has 0 aliphatic carbocycles. The van der Waals surface area contributed by atoms with E-state index in [0.717, 1.165) is 6.29 Å². The molecular formula is C14H26O8. The molecule has 0 aliphatic heterocycles. The maximum atomic E-state index is 10.2. The number of ether oxygens (including phenoxy) is 5. The second-order valence-corrected chi connectivity index (χ2v) is 4.16. The number of aldehydes is 1. The molecule has 0 aromatic heterocycles. The van der Waals surface area contributed by atoms with Gasteiger partial charge < -0.3 is 33.6 Å². The van der Waals surface area contributed by atoms with Crippen molar-refractivity contribution in [2.45, 2.75) is 12.8 Å². The van der Waals surface area contributed by atoms with Crippen LogP contribution in [0.3, 0.4) is 0 Å². The Bertz CT molecular complexity index is 259. The maximum absolute atomic E-state index is 10.2. The summed E-state index contributed by atoms with van der Waals surface area (Å²) in [7, 11) is 0. The van der Waals surface area contributed by atoms with Crippen LogP contribution in [0.25, 0.3) is 0 Å². The molecule has 0 unspecified atom stereocenters. The Balaban J connectivity index is 2.97. The summed E-state index contributed by atoms with van der Waals surface area (Å²) in [4.78, 5) is 20.2. The summed E-state index contributed by atoms with van der Waals surface area (Å²) < 4.78 is 26.0. The van der Waals surface area contributed by atoms with E-state index >= 15 is 0 Å². The van der Waals surface area contributed by atoms with Gasteiger partial charge in [-0.3, -0.25) is 4.79 Å². The molecule has 0 aromatic carbocycles. The van der Waals surface area contributed by atoms with Crippen molar-refractivity contribution < 1.29 is 38.4 Å². The first-order valence-corrected chi connectivity index (χ1v) is 7.31. The van der Waals surface area contributed by atoms with E-state index in [4.69, 9.17) is 28.8 Å². The topological polar surface area (TPSA) is 101 Å². The standard InChI is InChI=1S/C14H26O8/c15-3-1-4-18-6-8-20-10-12-22-13-11-21-9-7-19-5-2-14(16)17/h3H,1-2,4-13H2,(H,16,17). The minimum atomic E-state index is -0.871. The molecule has 0 radical (unpaired) electrons. The van der Waals surface area contributed by atoms with Gasteiger partial charge in [0.05, 0.1) is 72.5 Å². The Kier molecular flexibility index (Phi) is 17.1. The molecule has 0 amide bonds. The van der Waals surface area contributed by atoms with Crippen molar-refractivity contribution in [2.75, 3.05) is 66.1 Å². The summed E-state index contributed by atoms with van der Waals surface area (Å²) in [6.45, 7) is 4.25. The summed E-state index contributed by atoms with van der Waals surface area (Å²) in [5.74, 6) is -0.871. The number of carboxylic acids is 1. The molecule has 0 saturated carbocycles. The first-order chi connectivity index (χ1) is 10.8. The van der Waals surface area contributed by atoms with Gasteiger partial charge in [-0.15, -0.1) is 0 Å². The van der Waals surface area contributed by atoms with E-state index in [2.05, 4.69) is 0 Å². The predicted molar refractivity (Wildman–Crippen MR) is 77.0 cm³/mol. The van der Waals surface area contributed by atoms with Crippen LogP contribution in [0.5, 0.6) is 0 Å². The quantitative estimate of drug-likeness (QED) is 0.281. The first-order valence-electron chi connectivity index (χ1n) is 7.31. The highest BCUT2D eigenvalue weighted by Crippen LogP contribution is 1.86. The number of rotatable bonds is 18. The van der Waals surface area contributed by atoms with Crippen molar-refractivity contribution in [1.82, 2.24) is 0 Å². The van der Waals surface area contributed by atoms with Crippen LogP contribution in [0.2, 0.25) is 0 Å². The van der Waals surface area contributed by atoms with Gasteiger partial charge in [0, 0.05) is 6.42 Å². The van der Waals surface area contributed by atoms with Crippen LogP contribution in [-0.4, -0.2) is 83.4 Å². The van der Waals surface area contributed by atoms with E-state index in [9.17, 15) is 9.59 Å². The van der Waals surface area contributed by atoms with Gasteiger partial charge in [0.1, 0.15) is 6.29 Å². The number of carboxylic acid groups (broad SMARTS) is 1. The minimum absolute atomic E-state index is 0.00520. The highest BCUT2D eigenvalue weighted by atomic mass is 16.6. The van der Waals surface area contributed by atoms with Gasteiger partial charge in [0.15, 0.2) is 0 Å². The van der Waals surface area contributed by atoms with Gasteiger partial charge in [-0.25, -0.2) is 0 Å². The van der Waals surface area contributed by atoms with Crippen molar-refractivity contribution in [3.63, 3.8) is 0 Å². The van der Waals surface area contributed by atoms with Crippen molar-refractivity contribution in [2.24, 2.45) is 0 Å². The van der Waals surface area contributed by atoms with Crippen LogP contribution in [0.4, 0.5) is 0 Å². The molecule has 0 heterocycles. The third kappa shape index (κ3) is 18.9. The molecule has 8 heteroatoms. The van der Waals surface area contributed by atoms with Gasteiger partial charge in [0.25, 0.3) is 0 Å². The molecule has 0 rings (SSSR count). The Morgan fingerprint density at radius 1 is 0.682 bits per heavy atom. The zero-order valence-corrected chi connectivity index (χ0v) is 12.9. The number of hydrogen-bond acceptors (Lipinski definition) is 7. The molecule has 22 heavy (non-hydrogen) atoms. The van der Waals surface area contributed by atoms with Gasteiger partial charge in [-0.05, 0) is 0 Å². The molecule has 0 fully saturated rings. The molecule has 1 N–H and O–H groups in total. The average Bonchev–Trinajstić information content (AvgIpc) is 2.50. The predicted octanol–water partition coefficient (Wildman–Crippen LogP) is 0.133. The molecule has 0 aromatic rings. The van der Waals surface area contributed by atoms with Gasteiger partial charge in [0.2, 0.25) is 0 Å². The molecular weight excluding hydrogens is 296 g/mol. The van der Waals surface area contributed by atoms with Crippen LogP contribution in [0.1, 0.15) is 12.8 Å². The second-order valence-electron chi connectivity index (χ2n) is 4.16. The summed E-state index contributed by atoms with van der Waals surface area (Å²) >= 11 is 0. The Morgan fingerprint density at radius 2 is 1.05 bits per heavy atom. The zero-order valence-electron chi connectivity index (χ0n) is 12.9. The maximum Gasteiger partial charge on any atom is 0.305 e. The summed E-state index contributed by atoms with van der Waals surface area (Å²) in [5.41, 5.74) is 0. The molecule has 8 nitrogen and oxygen atoms in total. The average molecular weight is 322 g/mol. The van der Waals surface area contributed by atoms with Gasteiger partial charge >= 0.3 is 5.97 Å². The Labute approximate surface area is 130 Å². The molecule has 130 valence electrons. The van der Waals surface area contributed by atoms with Crippen LogP contribution >= 0.6 is 0 Å². The van der Waals surface area contributed by atoms with Crippen LogP contribution in [-0.2, 0) is 33.3 Å². The van der Waals surface area contributed by atoms with Crippen molar-refractivity contribution >= 4 is 12.3 Å². The molecule has 0 atom stereocenters. The monoisotopic (exact) mass is 322 g/mol. The summed E-state index contributed by atoms with van der Waals surface area (Å²) in [5, 5.41) is 8.38. The van der Waals surface area contributed by atoms with E-state index in [-0.39, 0.29) is 13.0 Å². The fraction of sp³-hybridized carbons (Fsp3) is 0.857. The third-order valence-corrected chi connectivity index (χ3v) is 2.33. The lowest BCUT2D eigenvalue weighted by Gasteiger charge is -2.07. The molecule has 0 aliphatic rings. The second kappa shape index (κ2) is 18.0. The van der Waals surface area contributed by atoms with E-state index in [1.54, 1.807) is 0 Å². The summed E-state index contributed by atoms with van der Waals surface area (Å²) in [6.07, 6.45) is 1.23. The normalized spacial score (nSPS) is 10.7. The Hall–Kier alpha value is -1.06. The molecule has 0 bridgehead atoms. The molecule has 0 saturated heterocycles. The largest absolute Gasteiger partial charge is 0.481 e. The smallest absolute Gasteiger partial charge is 0.305 e. The summed E-state index contributed by atoms with van der Waals surface area (Å²) in [6, 6.07) is 0. The van der Waals surface area contributed by atoms with Gasteiger partial charge in [-0.1, -0.05) is 0 Å². The van der Waals surface area contributed by atoms with Gasteiger partial charge in [-0.2, -0.15) is 0 Å². The lowest BCUT2D eigenvalue weighted by molar-refractivity contribution is -0.138. The highest BCUT2D eigenvalue weighted by Gasteiger charge is 1.96. The van der Waals surface area contributed by atoms with Crippen molar-refractivity contribution in [3.05, 3.63) is 0 Å². The van der Waals surface area contributed by atoms with E-state index in [1.807, 2.05) is 0 Å². The van der Waals surface area contributed by atoms with E-state index in [1.165, 1.54) is 0 Å². The number of carbonyl (C=O) groups excluding carboxylic acids is 1. The minimum Gasteiger partial charge on any atom is -0.481 e. The van der Waals surface area contributed by atoms with Crippen molar-refractivity contribution in [3.8, 4) is 0 Å². The fourth-order valence-corrected chi connectivity index (χ4v) is 1.27. The number of carbonyl (C=O) groups is 2. The van der Waals surface area contributed by atoms with Crippen LogP contribution in [0, 0.1) is 0 Å². The molecule has 0 spiro atoms. The van der Waals surface area contributed by atoms with Crippen molar-refractivity contribution in [1.29, 1.82) is 0 Å². The zero-order chi connectivity index (χ0) is 16.3. The van der Waals surface area contributed by atoms with E-state index < -0.39 is 5.97 Å². The lowest BCUT2D eigenvalue weighted by atomic mass is 10.5. The van der Waals surface area contributed by atoms with Crippen LogP contribution < -0.4 is 0 Å². The fourth-order valence-electron chi connectivity index (χ4n) is 1.27. The Morgan fingerprint density at radius 3 is 1.41 bits per heavy atom. The number of hydrogen-bond donors (Lipinski definition) is 1. The van der Waals surface area contributed by atoms with Crippen LogP contribution in [0.15, 0.2) is 0 Å². The van der Waals surface area contributed by atoms with E-state index in [0.29, 0.717) is 65.9 Å². The number of aliphatic carboxylic acids is 1. The third-order valence-electron chi connectivity index (χ3n) is 2.33. The highest BCUT2D eigenvalue weighted by molar-refractivity contribution is 5.66.